The molecule has 0 spiro atoms. The fourth-order valence-electron chi connectivity index (χ4n) is 2.88. The number of amides is 1. The summed E-state index contributed by atoms with van der Waals surface area (Å²) in [6.45, 7) is 0.998. The second-order valence-corrected chi connectivity index (χ2v) is 8.21. The zero-order chi connectivity index (χ0) is 20.1. The number of ether oxygens (including phenoxy) is 1. The fraction of sp³-hybridized carbons (Fsp3) is 0.263. The number of nitrogens with one attached hydrogen (secondary N) is 1. The van der Waals surface area contributed by atoms with Crippen LogP contribution in [0.25, 0.3) is 0 Å². The quantitative estimate of drug-likeness (QED) is 0.566. The molecule has 28 heavy (non-hydrogen) atoms. The molecule has 1 saturated heterocycles. The van der Waals surface area contributed by atoms with Gasteiger partial charge in [0.1, 0.15) is 0 Å². The molecule has 0 atom stereocenters. The van der Waals surface area contributed by atoms with Gasteiger partial charge in [-0.25, -0.2) is 13.8 Å². The molecule has 0 saturated carbocycles. The van der Waals surface area contributed by atoms with Crippen molar-refractivity contribution in [1.29, 1.82) is 0 Å². The van der Waals surface area contributed by atoms with E-state index in [0.717, 1.165) is 12.8 Å². The van der Waals surface area contributed by atoms with Crippen LogP contribution in [0.2, 0.25) is 0 Å². The van der Waals surface area contributed by atoms with Crippen LogP contribution in [0, 0.1) is 0 Å². The van der Waals surface area contributed by atoms with Gasteiger partial charge in [-0.2, -0.15) is 9.41 Å². The highest BCUT2D eigenvalue weighted by molar-refractivity contribution is 7.89. The minimum Gasteiger partial charge on any atom is -0.504 e. The molecule has 2 aromatic rings. The van der Waals surface area contributed by atoms with E-state index in [-0.39, 0.29) is 22.0 Å². The maximum absolute atomic E-state index is 12.6. The van der Waals surface area contributed by atoms with Crippen molar-refractivity contribution >= 4 is 22.1 Å². The van der Waals surface area contributed by atoms with E-state index in [4.69, 9.17) is 4.74 Å². The monoisotopic (exact) mass is 403 g/mol. The van der Waals surface area contributed by atoms with Crippen molar-refractivity contribution in [1.82, 2.24) is 9.73 Å². The lowest BCUT2D eigenvalue weighted by Gasteiger charge is -2.15. The molecule has 148 valence electrons. The van der Waals surface area contributed by atoms with Crippen molar-refractivity contribution in [2.24, 2.45) is 5.10 Å². The van der Waals surface area contributed by atoms with Gasteiger partial charge in [0.2, 0.25) is 10.0 Å². The highest BCUT2D eigenvalue weighted by atomic mass is 32.2. The number of hydrogen-bond donors (Lipinski definition) is 2. The molecule has 0 radical (unpaired) electrons. The van der Waals surface area contributed by atoms with Crippen molar-refractivity contribution in [3.05, 3.63) is 53.6 Å². The van der Waals surface area contributed by atoms with Crippen LogP contribution in [-0.2, 0) is 10.0 Å². The summed E-state index contributed by atoms with van der Waals surface area (Å²) in [5.41, 5.74) is 3.17. The minimum absolute atomic E-state index is 0.000266. The summed E-state index contributed by atoms with van der Waals surface area (Å²) in [6, 6.07) is 10.5. The van der Waals surface area contributed by atoms with Crippen molar-refractivity contribution in [2.45, 2.75) is 17.7 Å². The molecular formula is C19H21N3O5S. The fourth-order valence-corrected chi connectivity index (χ4v) is 4.44. The maximum Gasteiger partial charge on any atom is 0.271 e. The van der Waals surface area contributed by atoms with Crippen LogP contribution in [0.3, 0.4) is 0 Å². The van der Waals surface area contributed by atoms with E-state index in [1.807, 2.05) is 0 Å². The Bertz CT molecular complexity index is 998. The van der Waals surface area contributed by atoms with Gasteiger partial charge in [-0.15, -0.1) is 0 Å². The number of methoxy groups -OCH3 is 1. The van der Waals surface area contributed by atoms with Crippen molar-refractivity contribution in [3.63, 3.8) is 0 Å². The zero-order valence-corrected chi connectivity index (χ0v) is 16.1. The van der Waals surface area contributed by atoms with Gasteiger partial charge < -0.3 is 9.84 Å². The Hall–Kier alpha value is -2.91. The number of hydrogen-bond acceptors (Lipinski definition) is 6. The first kappa shape index (κ1) is 19.8. The summed E-state index contributed by atoms with van der Waals surface area (Å²) in [5.74, 6) is -0.240. The van der Waals surface area contributed by atoms with Crippen LogP contribution in [-0.4, -0.2) is 50.2 Å². The summed E-state index contributed by atoms with van der Waals surface area (Å²) in [4.78, 5) is 12.4. The molecule has 0 bridgehead atoms. The van der Waals surface area contributed by atoms with Crippen LogP contribution >= 0.6 is 0 Å². The van der Waals surface area contributed by atoms with E-state index in [2.05, 4.69) is 10.5 Å². The first-order chi connectivity index (χ1) is 13.4. The number of hydrazone groups is 1. The summed E-state index contributed by atoms with van der Waals surface area (Å²) in [5, 5.41) is 13.4. The Morgan fingerprint density at radius 2 is 1.96 bits per heavy atom. The SMILES string of the molecule is COc1cc(C=NNC(=O)c2cccc(S(=O)(=O)N3CCCC3)c2)ccc1O. The Labute approximate surface area is 163 Å². The third-order valence-electron chi connectivity index (χ3n) is 4.38. The van der Waals surface area contributed by atoms with E-state index < -0.39 is 15.9 Å². The number of sulfonamides is 1. The summed E-state index contributed by atoms with van der Waals surface area (Å²) in [7, 11) is -2.16. The smallest absolute Gasteiger partial charge is 0.271 e. The van der Waals surface area contributed by atoms with E-state index in [1.54, 1.807) is 12.1 Å². The first-order valence-electron chi connectivity index (χ1n) is 8.72. The molecule has 0 aliphatic carbocycles. The molecule has 1 fully saturated rings. The van der Waals surface area contributed by atoms with Crippen LogP contribution < -0.4 is 10.2 Å². The molecule has 8 nitrogen and oxygen atoms in total. The number of carbonyl (C=O) groups excluding carboxylic acids is 1. The van der Waals surface area contributed by atoms with E-state index in [1.165, 1.54) is 48.0 Å². The van der Waals surface area contributed by atoms with Crippen molar-refractivity contribution in [2.75, 3.05) is 20.2 Å². The maximum atomic E-state index is 12.6. The lowest BCUT2D eigenvalue weighted by Crippen LogP contribution is -2.28. The third-order valence-corrected chi connectivity index (χ3v) is 6.28. The van der Waals surface area contributed by atoms with E-state index in [0.29, 0.717) is 18.7 Å². The normalized spacial score (nSPS) is 15.0. The molecule has 1 amide bonds. The Balaban J connectivity index is 1.71. The minimum atomic E-state index is -3.59. The van der Waals surface area contributed by atoms with Crippen molar-refractivity contribution in [3.8, 4) is 11.5 Å². The lowest BCUT2D eigenvalue weighted by atomic mass is 10.2. The van der Waals surface area contributed by atoms with Gasteiger partial charge in [0.05, 0.1) is 18.2 Å². The molecule has 3 rings (SSSR count). The van der Waals surface area contributed by atoms with Gasteiger partial charge in [0.15, 0.2) is 11.5 Å². The topological polar surface area (TPSA) is 108 Å². The summed E-state index contributed by atoms with van der Waals surface area (Å²) >= 11 is 0. The van der Waals surface area contributed by atoms with Gasteiger partial charge in [-0.1, -0.05) is 6.07 Å². The number of aromatic hydroxyl groups is 1. The van der Waals surface area contributed by atoms with Crippen molar-refractivity contribution < 1.29 is 23.1 Å². The Kier molecular flexibility index (Phi) is 5.96. The molecular weight excluding hydrogens is 382 g/mol. The lowest BCUT2D eigenvalue weighted by molar-refractivity contribution is 0.0955. The predicted octanol–water partition coefficient (Wildman–Crippen LogP) is 1.95. The van der Waals surface area contributed by atoms with Gasteiger partial charge in [0.25, 0.3) is 5.91 Å². The van der Waals surface area contributed by atoms with Crippen LogP contribution in [0.5, 0.6) is 11.5 Å². The van der Waals surface area contributed by atoms with Crippen LogP contribution in [0.15, 0.2) is 52.5 Å². The molecule has 2 aromatic carbocycles. The second-order valence-electron chi connectivity index (χ2n) is 6.27. The molecule has 9 heteroatoms. The summed E-state index contributed by atoms with van der Waals surface area (Å²) in [6.07, 6.45) is 3.08. The summed E-state index contributed by atoms with van der Waals surface area (Å²) < 4.78 is 31.7. The van der Waals surface area contributed by atoms with Gasteiger partial charge in [0, 0.05) is 18.7 Å². The number of benzene rings is 2. The van der Waals surface area contributed by atoms with E-state index >= 15 is 0 Å². The highest BCUT2D eigenvalue weighted by Crippen LogP contribution is 2.25. The second kappa shape index (κ2) is 8.41. The predicted molar refractivity (Wildman–Crippen MR) is 104 cm³/mol. The number of phenolic OH excluding ortho intramolecular Hbond substituents is 1. The van der Waals surface area contributed by atoms with Gasteiger partial charge in [-0.3, -0.25) is 4.79 Å². The first-order valence-corrected chi connectivity index (χ1v) is 10.2. The van der Waals surface area contributed by atoms with Gasteiger partial charge >= 0.3 is 0 Å². The highest BCUT2D eigenvalue weighted by Gasteiger charge is 2.27. The number of phenols is 1. The molecule has 1 aliphatic heterocycles. The molecule has 1 aliphatic rings. The Morgan fingerprint density at radius 3 is 2.68 bits per heavy atom. The zero-order valence-electron chi connectivity index (χ0n) is 15.3. The largest absolute Gasteiger partial charge is 0.504 e. The molecule has 0 aromatic heterocycles. The van der Waals surface area contributed by atoms with Gasteiger partial charge in [-0.05, 0) is 54.8 Å². The average molecular weight is 403 g/mol. The standard InChI is InChI=1S/C19H21N3O5S/c1-27-18-11-14(7-8-17(18)23)13-20-21-19(24)15-5-4-6-16(12-15)28(25,26)22-9-2-3-10-22/h4-8,11-13,23H,2-3,9-10H2,1H3,(H,21,24). The molecule has 1 heterocycles. The van der Waals surface area contributed by atoms with Crippen LogP contribution in [0.4, 0.5) is 0 Å². The Morgan fingerprint density at radius 1 is 1.21 bits per heavy atom. The number of nitrogens with zero attached hydrogens (tertiary/aromatic N) is 2. The molecule has 0 unspecified atom stereocenters. The average Bonchev–Trinajstić information content (AvgIpc) is 3.25. The van der Waals surface area contributed by atoms with Crippen LogP contribution in [0.1, 0.15) is 28.8 Å². The van der Waals surface area contributed by atoms with E-state index in [9.17, 15) is 18.3 Å². The molecule has 2 N–H and O–H groups in total. The number of carbonyl (C=O) groups is 1. The number of rotatable bonds is 6. The third kappa shape index (κ3) is 4.32.